The van der Waals surface area contributed by atoms with Crippen molar-refractivity contribution in [2.75, 3.05) is 13.2 Å². The van der Waals surface area contributed by atoms with Crippen molar-refractivity contribution in [3.8, 4) is 5.75 Å². The molecule has 4 N–H and O–H groups in total. The van der Waals surface area contributed by atoms with E-state index in [1.165, 1.54) is 6.20 Å². The molecule has 1 aromatic carbocycles. The first kappa shape index (κ1) is 18.5. The molecule has 1 fully saturated rings. The molecule has 1 aliphatic heterocycles. The second kappa shape index (κ2) is 6.97. The molecule has 3 heterocycles. The van der Waals surface area contributed by atoms with Gasteiger partial charge in [0.05, 0.1) is 13.2 Å². The van der Waals surface area contributed by atoms with E-state index >= 15 is 0 Å². The van der Waals surface area contributed by atoms with E-state index < -0.39 is 23.4 Å². The summed E-state index contributed by atoms with van der Waals surface area (Å²) in [6.45, 7) is 2.28. The van der Waals surface area contributed by atoms with Crippen LogP contribution < -0.4 is 20.7 Å². The van der Waals surface area contributed by atoms with Gasteiger partial charge in [0.2, 0.25) is 0 Å². The maximum Gasteiger partial charge on any atom is 0.322 e. The summed E-state index contributed by atoms with van der Waals surface area (Å²) < 4.78 is 7.09. The highest BCUT2D eigenvalue weighted by Crippen LogP contribution is 2.24. The molecule has 10 heteroatoms. The van der Waals surface area contributed by atoms with E-state index in [9.17, 15) is 14.4 Å². The quantitative estimate of drug-likeness (QED) is 0.457. The molecule has 1 aliphatic rings. The molecule has 150 valence electrons. The van der Waals surface area contributed by atoms with Crippen LogP contribution in [-0.4, -0.2) is 45.5 Å². The molecular formula is C19H20N6O4. The van der Waals surface area contributed by atoms with Crippen molar-refractivity contribution in [2.45, 2.75) is 12.5 Å². The molecule has 4 rings (SSSR count). The monoisotopic (exact) mass is 396 g/mol. The summed E-state index contributed by atoms with van der Waals surface area (Å²) in [7, 11) is 1.71. The van der Waals surface area contributed by atoms with Crippen molar-refractivity contribution >= 4 is 28.7 Å². The minimum absolute atomic E-state index is 0.159. The van der Waals surface area contributed by atoms with Gasteiger partial charge in [0.1, 0.15) is 17.3 Å². The predicted molar refractivity (Wildman–Crippen MR) is 103 cm³/mol. The lowest BCUT2D eigenvalue weighted by Gasteiger charge is -2.25. The average molecular weight is 396 g/mol. The molecule has 0 bridgehead atoms. The Kier molecular flexibility index (Phi) is 4.45. The maximum atomic E-state index is 12.7. The number of aryl methyl sites for hydroxylation is 1. The number of H-pyrrole nitrogens is 1. The fourth-order valence-electron chi connectivity index (χ4n) is 3.42. The molecule has 1 unspecified atom stereocenters. The topological polar surface area (TPSA) is 130 Å². The Labute approximate surface area is 165 Å². The number of urea groups is 1. The number of fused-ring (bicyclic) bond motifs is 1. The van der Waals surface area contributed by atoms with Crippen LogP contribution in [0.5, 0.6) is 5.75 Å². The van der Waals surface area contributed by atoms with Gasteiger partial charge in [0.15, 0.2) is 5.54 Å². The Morgan fingerprint density at radius 3 is 2.79 bits per heavy atom. The Bertz CT molecular complexity index is 1120. The number of ether oxygens (including phenoxy) is 1. The number of carbonyl (C=O) groups excluding carboxylic acids is 3. The molecular weight excluding hydrogens is 376 g/mol. The van der Waals surface area contributed by atoms with Crippen LogP contribution in [0.1, 0.15) is 23.2 Å². The standard InChI is InChI=1S/C19H20N6O4/c1-3-29-12-5-4-11-8-14(22-13(11)9-12)15(26)21-10-19(16-20-6-7-25(16)2)17(27)23-18(28)24-19/h4-9,22H,3,10H2,1-2H3,(H,21,26)(H2,23,24,27,28). The van der Waals surface area contributed by atoms with Crippen molar-refractivity contribution in [2.24, 2.45) is 7.05 Å². The Morgan fingerprint density at radius 1 is 1.31 bits per heavy atom. The van der Waals surface area contributed by atoms with Crippen LogP contribution in [0.4, 0.5) is 4.79 Å². The number of imidazole rings is 1. The fourth-order valence-corrected chi connectivity index (χ4v) is 3.42. The van der Waals surface area contributed by atoms with E-state index in [1.54, 1.807) is 23.9 Å². The van der Waals surface area contributed by atoms with Crippen molar-refractivity contribution < 1.29 is 19.1 Å². The molecule has 1 saturated heterocycles. The first-order valence-electron chi connectivity index (χ1n) is 9.08. The lowest BCUT2D eigenvalue weighted by Crippen LogP contribution is -2.54. The lowest BCUT2D eigenvalue weighted by atomic mass is 9.98. The fraction of sp³-hybridized carbons (Fsp3) is 0.263. The van der Waals surface area contributed by atoms with E-state index in [-0.39, 0.29) is 6.54 Å². The van der Waals surface area contributed by atoms with E-state index in [4.69, 9.17) is 4.74 Å². The number of benzene rings is 1. The molecule has 3 aromatic rings. The number of imide groups is 1. The molecule has 0 aliphatic carbocycles. The number of aromatic nitrogens is 3. The number of rotatable bonds is 6. The van der Waals surface area contributed by atoms with Crippen LogP contribution in [0.3, 0.4) is 0 Å². The first-order chi connectivity index (χ1) is 13.9. The largest absolute Gasteiger partial charge is 0.494 e. The second-order valence-corrected chi connectivity index (χ2v) is 6.72. The van der Waals surface area contributed by atoms with Gasteiger partial charge >= 0.3 is 6.03 Å². The Morgan fingerprint density at radius 2 is 2.14 bits per heavy atom. The van der Waals surface area contributed by atoms with E-state index in [1.807, 2.05) is 25.1 Å². The number of amides is 4. The second-order valence-electron chi connectivity index (χ2n) is 6.72. The van der Waals surface area contributed by atoms with Crippen LogP contribution in [-0.2, 0) is 17.4 Å². The lowest BCUT2D eigenvalue weighted by molar-refractivity contribution is -0.124. The molecule has 1 atom stereocenters. The molecule has 4 amide bonds. The molecule has 0 spiro atoms. The SMILES string of the molecule is CCOc1ccc2cc(C(=O)NCC3(c4nccn4C)NC(=O)NC3=O)[nH]c2c1. The molecule has 0 radical (unpaired) electrons. The first-order valence-corrected chi connectivity index (χ1v) is 9.08. The van der Waals surface area contributed by atoms with Gasteiger partial charge in [0.25, 0.3) is 11.8 Å². The van der Waals surface area contributed by atoms with Crippen LogP contribution >= 0.6 is 0 Å². The van der Waals surface area contributed by atoms with Crippen LogP contribution in [0, 0.1) is 0 Å². The zero-order chi connectivity index (χ0) is 20.6. The summed E-state index contributed by atoms with van der Waals surface area (Å²) in [6, 6.07) is 6.57. The van der Waals surface area contributed by atoms with Gasteiger partial charge in [-0.2, -0.15) is 0 Å². The molecule has 29 heavy (non-hydrogen) atoms. The van der Waals surface area contributed by atoms with Crippen molar-refractivity contribution in [1.29, 1.82) is 0 Å². The highest BCUT2D eigenvalue weighted by atomic mass is 16.5. The van der Waals surface area contributed by atoms with E-state index in [0.29, 0.717) is 23.9 Å². The molecule has 10 nitrogen and oxygen atoms in total. The third kappa shape index (κ3) is 3.18. The van der Waals surface area contributed by atoms with Gasteiger partial charge in [-0.1, -0.05) is 0 Å². The molecule has 0 saturated carbocycles. The van der Waals surface area contributed by atoms with Crippen molar-refractivity contribution in [1.82, 2.24) is 30.5 Å². The van der Waals surface area contributed by atoms with Gasteiger partial charge in [-0.3, -0.25) is 14.9 Å². The average Bonchev–Trinajstić information content (AvgIpc) is 3.37. The van der Waals surface area contributed by atoms with Gasteiger partial charge in [-0.15, -0.1) is 0 Å². The third-order valence-electron chi connectivity index (χ3n) is 4.81. The zero-order valence-corrected chi connectivity index (χ0v) is 15.9. The number of carbonyl (C=O) groups is 3. The van der Waals surface area contributed by atoms with Gasteiger partial charge in [0, 0.05) is 36.4 Å². The Hall–Kier alpha value is -3.82. The van der Waals surface area contributed by atoms with Gasteiger partial charge in [-0.05, 0) is 25.1 Å². The van der Waals surface area contributed by atoms with Crippen LogP contribution in [0.25, 0.3) is 10.9 Å². The maximum absolute atomic E-state index is 12.7. The summed E-state index contributed by atoms with van der Waals surface area (Å²) >= 11 is 0. The van der Waals surface area contributed by atoms with E-state index in [2.05, 4.69) is 25.9 Å². The summed E-state index contributed by atoms with van der Waals surface area (Å²) in [5, 5.41) is 8.37. The van der Waals surface area contributed by atoms with E-state index in [0.717, 1.165) is 10.9 Å². The summed E-state index contributed by atoms with van der Waals surface area (Å²) in [6.07, 6.45) is 3.18. The number of nitrogens with one attached hydrogen (secondary N) is 4. The van der Waals surface area contributed by atoms with Crippen molar-refractivity contribution in [3.05, 3.63) is 48.2 Å². The predicted octanol–water partition coefficient (Wildman–Crippen LogP) is 0.765. The zero-order valence-electron chi connectivity index (χ0n) is 15.9. The number of aromatic amines is 1. The summed E-state index contributed by atoms with van der Waals surface area (Å²) in [4.78, 5) is 44.3. The third-order valence-corrected chi connectivity index (χ3v) is 4.81. The smallest absolute Gasteiger partial charge is 0.322 e. The van der Waals surface area contributed by atoms with Crippen molar-refractivity contribution in [3.63, 3.8) is 0 Å². The molecule has 2 aromatic heterocycles. The van der Waals surface area contributed by atoms with Gasteiger partial charge in [-0.25, -0.2) is 9.78 Å². The number of hydrogen-bond acceptors (Lipinski definition) is 5. The summed E-state index contributed by atoms with van der Waals surface area (Å²) in [5.41, 5.74) is -0.403. The number of nitrogens with zero attached hydrogens (tertiary/aromatic N) is 2. The number of hydrogen-bond donors (Lipinski definition) is 4. The summed E-state index contributed by atoms with van der Waals surface area (Å²) in [5.74, 6) is 0.0313. The minimum atomic E-state index is -1.49. The normalized spacial score (nSPS) is 18.6. The van der Waals surface area contributed by atoms with Crippen LogP contribution in [0.15, 0.2) is 36.7 Å². The van der Waals surface area contributed by atoms with Crippen LogP contribution in [0.2, 0.25) is 0 Å². The highest BCUT2D eigenvalue weighted by Gasteiger charge is 2.50. The highest BCUT2D eigenvalue weighted by molar-refractivity contribution is 6.07. The van der Waals surface area contributed by atoms with Gasteiger partial charge < -0.3 is 24.9 Å². The minimum Gasteiger partial charge on any atom is -0.494 e. The Balaban J connectivity index is 1.57.